The molecule has 8 aromatic rings. The van der Waals surface area contributed by atoms with E-state index in [0.29, 0.717) is 11.1 Å². The molecular weight excluding hydrogens is 1130 g/mol. The first-order valence-electron chi connectivity index (χ1n) is 32.2. The van der Waals surface area contributed by atoms with E-state index >= 15 is 0 Å². The van der Waals surface area contributed by atoms with Crippen LogP contribution in [0.5, 0.6) is 0 Å². The van der Waals surface area contributed by atoms with Gasteiger partial charge in [-0.3, -0.25) is 19.6 Å². The summed E-state index contributed by atoms with van der Waals surface area (Å²) in [5.74, 6) is 8.25. The van der Waals surface area contributed by atoms with Gasteiger partial charge in [0.1, 0.15) is 27.8 Å². The SMILES string of the molecule is CC(C)N=C(NC(C)C)c1c(-c2ccc(C#C[Si](C)(C)C)cc2)cccc1-c1ccc(-c2ccc(C(=O)N[C@@H]3CCCC[C@H]3NC(=O)c3ccc(-c4ccc(-c5cccc(-c6ccc(C#C[Si](C)(C)C)cc6)c5C(=NC(C)C)NC(C)C)cc4)cc3)cc2)cc1. The van der Waals surface area contributed by atoms with E-state index in [4.69, 9.17) is 9.98 Å². The molecule has 2 amide bonds. The first-order chi connectivity index (χ1) is 42.9. The normalized spacial score (nSPS) is 14.6. The van der Waals surface area contributed by atoms with Crippen molar-refractivity contribution in [3.8, 4) is 89.7 Å². The number of carbonyl (C=O) groups is 2. The molecule has 0 spiro atoms. The number of hydrogen-bond acceptors (Lipinski definition) is 4. The number of nitrogens with zero attached hydrogens (tertiary/aromatic N) is 2. The zero-order valence-electron chi connectivity index (χ0n) is 55.3. The van der Waals surface area contributed by atoms with Crippen LogP contribution in [-0.2, 0) is 0 Å². The predicted molar refractivity (Wildman–Crippen MR) is 387 cm³/mol. The van der Waals surface area contributed by atoms with Crippen LogP contribution in [0.1, 0.15) is 124 Å². The van der Waals surface area contributed by atoms with Crippen molar-refractivity contribution < 1.29 is 9.59 Å². The van der Waals surface area contributed by atoms with E-state index in [1.807, 2.05) is 48.5 Å². The Labute approximate surface area is 539 Å². The van der Waals surface area contributed by atoms with Gasteiger partial charge in [0.15, 0.2) is 0 Å². The Morgan fingerprint density at radius 3 is 0.922 bits per heavy atom. The van der Waals surface area contributed by atoms with Crippen molar-refractivity contribution in [2.45, 2.75) is 157 Å². The number of rotatable bonds is 16. The predicted octanol–water partition coefficient (Wildman–Crippen LogP) is 17.9. The van der Waals surface area contributed by atoms with Crippen molar-refractivity contribution in [1.82, 2.24) is 21.3 Å². The third-order valence-corrected chi connectivity index (χ3v) is 17.3. The summed E-state index contributed by atoms with van der Waals surface area (Å²) < 4.78 is 0. The molecule has 0 heterocycles. The molecule has 1 aliphatic rings. The molecule has 0 bridgehead atoms. The average molecular weight is 1220 g/mol. The third kappa shape index (κ3) is 17.5. The number of aliphatic imine (C=N–C) groups is 2. The molecule has 0 radical (unpaired) electrons. The lowest BCUT2D eigenvalue weighted by Crippen LogP contribution is -2.53. The number of nitrogens with one attached hydrogen (secondary N) is 4. The molecule has 0 aromatic heterocycles. The van der Waals surface area contributed by atoms with Gasteiger partial charge in [-0.05, 0) is 184 Å². The number of amidine groups is 2. The Morgan fingerprint density at radius 2 is 0.656 bits per heavy atom. The summed E-state index contributed by atoms with van der Waals surface area (Å²) in [6.45, 7) is 30.6. The van der Waals surface area contributed by atoms with E-state index in [9.17, 15) is 9.59 Å². The molecule has 1 aliphatic carbocycles. The van der Waals surface area contributed by atoms with Crippen molar-refractivity contribution in [3.05, 3.63) is 215 Å². The first kappa shape index (κ1) is 65.6. The van der Waals surface area contributed by atoms with E-state index in [-0.39, 0.29) is 48.1 Å². The molecule has 1 saturated carbocycles. The van der Waals surface area contributed by atoms with E-state index in [0.717, 1.165) is 126 Å². The lowest BCUT2D eigenvalue weighted by molar-refractivity contribution is 0.0863. The minimum atomic E-state index is -1.52. The molecule has 8 nitrogen and oxygen atoms in total. The van der Waals surface area contributed by atoms with Crippen molar-refractivity contribution >= 4 is 39.6 Å². The minimum absolute atomic E-state index is 0.0807. The Balaban J connectivity index is 0.870. The number of hydrogen-bond donors (Lipinski definition) is 4. The van der Waals surface area contributed by atoms with E-state index < -0.39 is 16.1 Å². The van der Waals surface area contributed by atoms with Gasteiger partial charge >= 0.3 is 0 Å². The highest BCUT2D eigenvalue weighted by atomic mass is 28.3. The van der Waals surface area contributed by atoms with Gasteiger partial charge in [-0.25, -0.2) is 0 Å². The number of benzene rings is 8. The Bertz CT molecular complexity index is 3730. The fourth-order valence-electron chi connectivity index (χ4n) is 11.3. The molecule has 9 rings (SSSR count). The molecule has 4 N–H and O–H groups in total. The zero-order chi connectivity index (χ0) is 64.3. The van der Waals surface area contributed by atoms with Crippen LogP contribution in [0.4, 0.5) is 0 Å². The maximum absolute atomic E-state index is 14.0. The molecule has 0 saturated heterocycles. The van der Waals surface area contributed by atoms with Crippen LogP contribution in [0, 0.1) is 22.9 Å². The Morgan fingerprint density at radius 1 is 0.389 bits per heavy atom. The minimum Gasteiger partial charge on any atom is -0.368 e. The van der Waals surface area contributed by atoms with Crippen molar-refractivity contribution in [3.63, 3.8) is 0 Å². The van der Waals surface area contributed by atoms with Gasteiger partial charge in [-0.15, -0.1) is 11.1 Å². The largest absolute Gasteiger partial charge is 0.368 e. The molecule has 10 heteroatoms. The molecule has 0 unspecified atom stereocenters. The lowest BCUT2D eigenvalue weighted by Gasteiger charge is -2.33. The summed E-state index contributed by atoms with van der Waals surface area (Å²) in [5.41, 5.74) is 25.2. The molecule has 2 atom stereocenters. The molecule has 0 aliphatic heterocycles. The summed E-state index contributed by atoms with van der Waals surface area (Å²) in [6.07, 6.45) is 3.52. The van der Waals surface area contributed by atoms with Crippen LogP contribution in [0.25, 0.3) is 66.8 Å². The smallest absolute Gasteiger partial charge is 0.251 e. The highest BCUT2D eigenvalue weighted by Crippen LogP contribution is 2.37. The number of carbonyl (C=O) groups excluding carboxylic acids is 2. The van der Waals surface area contributed by atoms with Crippen molar-refractivity contribution in [1.29, 1.82) is 0 Å². The summed E-state index contributed by atoms with van der Waals surface area (Å²) in [7, 11) is -3.03. The summed E-state index contributed by atoms with van der Waals surface area (Å²) >= 11 is 0. The summed E-state index contributed by atoms with van der Waals surface area (Å²) in [4.78, 5) is 38.3. The molecular formula is C80H90N6O2Si2. The fourth-order valence-corrected chi connectivity index (χ4v) is 12.3. The van der Waals surface area contributed by atoms with Crippen LogP contribution in [0.3, 0.4) is 0 Å². The topological polar surface area (TPSA) is 107 Å². The van der Waals surface area contributed by atoms with Gasteiger partial charge in [0, 0.05) is 69.6 Å². The highest BCUT2D eigenvalue weighted by molar-refractivity contribution is 6.84. The van der Waals surface area contributed by atoms with Gasteiger partial charge < -0.3 is 21.3 Å². The van der Waals surface area contributed by atoms with Crippen molar-refractivity contribution in [2.75, 3.05) is 0 Å². The van der Waals surface area contributed by atoms with Crippen LogP contribution in [0.2, 0.25) is 39.3 Å². The van der Waals surface area contributed by atoms with Gasteiger partial charge in [-0.1, -0.05) is 197 Å². The summed E-state index contributed by atoms with van der Waals surface area (Å²) in [6, 6.07) is 63.2. The fraction of sp³-hybridized carbons (Fsp3) is 0.300. The van der Waals surface area contributed by atoms with Crippen LogP contribution in [-0.4, -0.2) is 75.9 Å². The van der Waals surface area contributed by atoms with Crippen LogP contribution < -0.4 is 21.3 Å². The molecule has 8 aromatic carbocycles. The molecule has 460 valence electrons. The molecule has 90 heavy (non-hydrogen) atoms. The quantitative estimate of drug-likeness (QED) is 0.0335. The Kier molecular flexibility index (Phi) is 21.3. The monoisotopic (exact) mass is 1220 g/mol. The van der Waals surface area contributed by atoms with Gasteiger partial charge in [0.2, 0.25) is 0 Å². The third-order valence-electron chi connectivity index (χ3n) is 15.5. The lowest BCUT2D eigenvalue weighted by atomic mass is 9.89. The van der Waals surface area contributed by atoms with E-state index in [2.05, 4.69) is 272 Å². The second-order valence-electron chi connectivity index (χ2n) is 27.1. The van der Waals surface area contributed by atoms with Crippen LogP contribution >= 0.6 is 0 Å². The highest BCUT2D eigenvalue weighted by Gasteiger charge is 2.29. The van der Waals surface area contributed by atoms with E-state index in [1.54, 1.807) is 0 Å². The second kappa shape index (κ2) is 29.2. The van der Waals surface area contributed by atoms with Gasteiger partial charge in [0.05, 0.1) is 0 Å². The average Bonchev–Trinajstić information content (AvgIpc) is 0.924. The van der Waals surface area contributed by atoms with Crippen LogP contribution in [0.15, 0.2) is 192 Å². The van der Waals surface area contributed by atoms with Gasteiger partial charge in [0.25, 0.3) is 11.8 Å². The number of amides is 2. The zero-order valence-corrected chi connectivity index (χ0v) is 57.3. The maximum atomic E-state index is 14.0. The Hall–Kier alpha value is -8.81. The van der Waals surface area contributed by atoms with Gasteiger partial charge in [-0.2, -0.15) is 0 Å². The molecule has 1 fully saturated rings. The second-order valence-corrected chi connectivity index (χ2v) is 36.6. The summed E-state index contributed by atoms with van der Waals surface area (Å²) in [5, 5.41) is 14.0. The van der Waals surface area contributed by atoms with Crippen molar-refractivity contribution in [2.24, 2.45) is 9.98 Å². The standard InChI is InChI=1S/C80H90N6O2Si2/c1-53(2)81-77(82-54(3)4)75-69(63-29-25-57(26-30-63)49-51-89(9,10)11)19-17-21-71(75)65-41-33-59(34-42-65)61-37-45-67(46-38-61)79(87)85-73-23-15-16-24-74(73)86-80(88)68-47-39-62(40-48-68)60-35-43-66(44-36-60)72-22-18-20-70(76(72)78(83-55(5)6)84-56(7)8)64-31-27-58(28-32-64)50-52-90(12,13)14/h17-22,25-48,53-56,73-74H,15-16,23-24H2,1-14H3,(H,81,82)(H,83,84)(H,85,87)(H,86,88)/t73-,74-/m1/s1. The maximum Gasteiger partial charge on any atom is 0.251 e. The van der Waals surface area contributed by atoms with E-state index in [1.165, 1.54) is 0 Å². The first-order valence-corrected chi connectivity index (χ1v) is 39.2.